The molecule has 1 N–H and O–H groups in total. The smallest absolute Gasteiger partial charge is 0.0737 e. The summed E-state index contributed by atoms with van der Waals surface area (Å²) in [6.07, 6.45) is 4.39. The van der Waals surface area contributed by atoms with Crippen molar-refractivity contribution in [3.05, 3.63) is 35.0 Å². The monoisotopic (exact) mass is 310 g/mol. The first-order chi connectivity index (χ1) is 9.47. The number of halogens is 1. The van der Waals surface area contributed by atoms with Crippen molar-refractivity contribution in [2.75, 3.05) is 17.3 Å². The van der Waals surface area contributed by atoms with Gasteiger partial charge in [0.05, 0.1) is 5.52 Å². The summed E-state index contributed by atoms with van der Waals surface area (Å²) < 4.78 is 11.2. The zero-order valence-corrected chi connectivity index (χ0v) is 13.5. The lowest BCUT2D eigenvalue weighted by molar-refractivity contribution is 0.678. The number of aryl methyl sites for hydroxylation is 1. The van der Waals surface area contributed by atoms with Gasteiger partial charge in [-0.1, -0.05) is 11.6 Å². The fourth-order valence-electron chi connectivity index (χ4n) is 2.08. The molecule has 0 bridgehead atoms. The molecular formula is C15H19ClN2OS. The lowest BCUT2D eigenvalue weighted by Crippen LogP contribution is -2.18. The molecular weight excluding hydrogens is 292 g/mol. The van der Waals surface area contributed by atoms with E-state index in [2.05, 4.69) is 23.3 Å². The largest absolute Gasteiger partial charge is 0.382 e. The zero-order valence-electron chi connectivity index (χ0n) is 11.9. The van der Waals surface area contributed by atoms with E-state index in [9.17, 15) is 4.21 Å². The summed E-state index contributed by atoms with van der Waals surface area (Å²) >= 11 is 6.14. The molecule has 0 aliphatic heterocycles. The van der Waals surface area contributed by atoms with Gasteiger partial charge in [0.2, 0.25) is 0 Å². The highest BCUT2D eigenvalue weighted by Crippen LogP contribution is 2.27. The highest BCUT2D eigenvalue weighted by Gasteiger charge is 2.08. The van der Waals surface area contributed by atoms with Crippen LogP contribution < -0.4 is 5.32 Å². The van der Waals surface area contributed by atoms with Gasteiger partial charge in [-0.2, -0.15) is 0 Å². The molecule has 0 fully saturated rings. The summed E-state index contributed by atoms with van der Waals surface area (Å²) in [7, 11) is -0.748. The molecule has 1 aromatic heterocycles. The molecule has 0 aliphatic rings. The van der Waals surface area contributed by atoms with E-state index in [1.54, 1.807) is 12.5 Å². The number of pyridine rings is 1. The van der Waals surface area contributed by atoms with E-state index in [-0.39, 0.29) is 6.04 Å². The summed E-state index contributed by atoms with van der Waals surface area (Å²) in [5.74, 6) is 0.710. The van der Waals surface area contributed by atoms with Gasteiger partial charge >= 0.3 is 0 Å². The van der Waals surface area contributed by atoms with Crippen molar-refractivity contribution < 1.29 is 4.21 Å². The van der Waals surface area contributed by atoms with E-state index in [1.807, 2.05) is 19.1 Å². The predicted octanol–water partition coefficient (Wildman–Crippen LogP) is 3.77. The molecule has 0 radical (unpaired) electrons. The molecule has 5 heteroatoms. The lowest BCUT2D eigenvalue weighted by atomic mass is 10.1. The molecule has 2 aromatic rings. The van der Waals surface area contributed by atoms with Gasteiger partial charge in [-0.15, -0.1) is 0 Å². The van der Waals surface area contributed by atoms with Crippen LogP contribution in [0.25, 0.3) is 10.9 Å². The van der Waals surface area contributed by atoms with Crippen molar-refractivity contribution in [1.82, 2.24) is 4.98 Å². The van der Waals surface area contributed by atoms with Gasteiger partial charge in [-0.05, 0) is 44.0 Å². The minimum absolute atomic E-state index is 0.264. The van der Waals surface area contributed by atoms with Crippen molar-refractivity contribution in [3.8, 4) is 0 Å². The quantitative estimate of drug-likeness (QED) is 0.914. The third kappa shape index (κ3) is 3.70. The van der Waals surface area contributed by atoms with Crippen molar-refractivity contribution in [3.63, 3.8) is 0 Å². The number of hydrogen-bond acceptors (Lipinski definition) is 3. The van der Waals surface area contributed by atoms with Crippen LogP contribution in [-0.4, -0.2) is 27.2 Å². The molecule has 2 rings (SSSR count). The van der Waals surface area contributed by atoms with Crippen LogP contribution in [0.4, 0.5) is 5.69 Å². The molecule has 1 heterocycles. The van der Waals surface area contributed by atoms with Crippen LogP contribution in [0.2, 0.25) is 5.02 Å². The average molecular weight is 311 g/mol. The van der Waals surface area contributed by atoms with Gasteiger partial charge in [0.15, 0.2) is 0 Å². The normalized spacial score (nSPS) is 14.2. The average Bonchev–Trinajstić information content (AvgIpc) is 2.39. The SMILES string of the molecule is Cc1cc2c(NC(C)CCS(C)=O)ccnc2cc1Cl. The van der Waals surface area contributed by atoms with Gasteiger partial charge in [0.1, 0.15) is 0 Å². The number of nitrogens with zero attached hydrogens (tertiary/aromatic N) is 1. The molecule has 3 nitrogen and oxygen atoms in total. The Bertz CT molecular complexity index is 645. The molecule has 108 valence electrons. The van der Waals surface area contributed by atoms with Crippen molar-refractivity contribution in [2.45, 2.75) is 26.3 Å². The predicted molar refractivity (Wildman–Crippen MR) is 88.1 cm³/mol. The molecule has 2 atom stereocenters. The Hall–Kier alpha value is -1.13. The second kappa shape index (κ2) is 6.55. The van der Waals surface area contributed by atoms with Gasteiger partial charge in [-0.3, -0.25) is 9.19 Å². The Morgan fingerprint density at radius 1 is 1.45 bits per heavy atom. The Labute approximate surface area is 127 Å². The van der Waals surface area contributed by atoms with E-state index in [1.165, 1.54) is 0 Å². The molecule has 20 heavy (non-hydrogen) atoms. The van der Waals surface area contributed by atoms with E-state index >= 15 is 0 Å². The van der Waals surface area contributed by atoms with Crippen LogP contribution in [0.5, 0.6) is 0 Å². The fourth-order valence-corrected chi connectivity index (χ4v) is 2.93. The second-order valence-electron chi connectivity index (χ2n) is 5.09. The van der Waals surface area contributed by atoms with Crippen LogP contribution in [0.3, 0.4) is 0 Å². The number of aromatic nitrogens is 1. The number of benzene rings is 1. The molecule has 1 aromatic carbocycles. The maximum Gasteiger partial charge on any atom is 0.0737 e. The zero-order chi connectivity index (χ0) is 14.7. The third-order valence-electron chi connectivity index (χ3n) is 3.26. The standard InChI is InChI=1S/C15H19ClN2OS/c1-10-8-12-14(18-11(2)5-7-20(3)19)4-6-17-15(12)9-13(10)16/h4,6,8-9,11H,5,7H2,1-3H3,(H,17,18). The first-order valence-electron chi connectivity index (χ1n) is 6.59. The van der Waals surface area contributed by atoms with E-state index in [4.69, 9.17) is 11.6 Å². The Morgan fingerprint density at radius 3 is 2.90 bits per heavy atom. The van der Waals surface area contributed by atoms with Crippen molar-refractivity contribution in [1.29, 1.82) is 0 Å². The fraction of sp³-hybridized carbons (Fsp3) is 0.400. The summed E-state index contributed by atoms with van der Waals surface area (Å²) in [4.78, 5) is 4.35. The second-order valence-corrected chi connectivity index (χ2v) is 7.05. The minimum Gasteiger partial charge on any atom is -0.382 e. The lowest BCUT2D eigenvalue weighted by Gasteiger charge is -2.16. The Balaban J connectivity index is 2.25. The van der Waals surface area contributed by atoms with Gasteiger partial charge in [-0.25, -0.2) is 0 Å². The van der Waals surface area contributed by atoms with Gasteiger partial charge < -0.3 is 5.32 Å². The highest BCUT2D eigenvalue weighted by atomic mass is 35.5. The number of nitrogens with one attached hydrogen (secondary N) is 1. The molecule has 0 spiro atoms. The maximum absolute atomic E-state index is 11.2. The first-order valence-corrected chi connectivity index (χ1v) is 8.69. The summed E-state index contributed by atoms with van der Waals surface area (Å²) in [5, 5.41) is 5.27. The summed E-state index contributed by atoms with van der Waals surface area (Å²) in [5.41, 5.74) is 2.97. The van der Waals surface area contributed by atoms with Crippen molar-refractivity contribution in [2.24, 2.45) is 0 Å². The Kier molecular flexibility index (Phi) is 5.00. The minimum atomic E-state index is -0.748. The summed E-state index contributed by atoms with van der Waals surface area (Å²) in [6, 6.07) is 6.18. The first kappa shape index (κ1) is 15.3. The molecule has 0 saturated heterocycles. The summed E-state index contributed by atoms with van der Waals surface area (Å²) in [6.45, 7) is 4.09. The maximum atomic E-state index is 11.2. The Morgan fingerprint density at radius 2 is 2.20 bits per heavy atom. The molecule has 0 saturated carbocycles. The highest BCUT2D eigenvalue weighted by molar-refractivity contribution is 7.84. The van der Waals surface area contributed by atoms with E-state index in [0.29, 0.717) is 5.75 Å². The van der Waals surface area contributed by atoms with E-state index < -0.39 is 10.8 Å². The van der Waals surface area contributed by atoms with Crippen LogP contribution in [0.1, 0.15) is 18.9 Å². The van der Waals surface area contributed by atoms with Gasteiger partial charge in [0, 0.05) is 51.1 Å². The number of anilines is 1. The molecule has 0 amide bonds. The van der Waals surface area contributed by atoms with Crippen molar-refractivity contribution >= 4 is 39.0 Å². The van der Waals surface area contributed by atoms with Crippen LogP contribution in [-0.2, 0) is 10.8 Å². The van der Waals surface area contributed by atoms with Crippen LogP contribution in [0.15, 0.2) is 24.4 Å². The van der Waals surface area contributed by atoms with Gasteiger partial charge in [0.25, 0.3) is 0 Å². The number of hydrogen-bond donors (Lipinski definition) is 1. The van der Waals surface area contributed by atoms with Crippen LogP contribution in [0, 0.1) is 6.92 Å². The third-order valence-corrected chi connectivity index (χ3v) is 4.48. The molecule has 2 unspecified atom stereocenters. The number of fused-ring (bicyclic) bond motifs is 1. The van der Waals surface area contributed by atoms with Crippen LogP contribution >= 0.6 is 11.6 Å². The van der Waals surface area contributed by atoms with E-state index in [0.717, 1.165) is 33.6 Å². The molecule has 0 aliphatic carbocycles. The topological polar surface area (TPSA) is 42.0 Å². The number of rotatable bonds is 5.